The Morgan fingerprint density at radius 3 is 2.83 bits per heavy atom. The maximum atomic E-state index is 4.50. The lowest BCUT2D eigenvalue weighted by Gasteiger charge is -2.04. The summed E-state index contributed by atoms with van der Waals surface area (Å²) in [5, 5.41) is 6.39. The van der Waals surface area contributed by atoms with Crippen LogP contribution >= 0.6 is 11.3 Å². The average molecular weight is 256 g/mol. The van der Waals surface area contributed by atoms with Crippen LogP contribution in [0.25, 0.3) is 11.0 Å². The van der Waals surface area contributed by atoms with Crippen LogP contribution in [0.2, 0.25) is 0 Å². The summed E-state index contributed by atoms with van der Waals surface area (Å²) in [5.41, 5.74) is 1.83. The van der Waals surface area contributed by atoms with E-state index >= 15 is 0 Å². The molecule has 0 spiro atoms. The van der Waals surface area contributed by atoms with Crippen molar-refractivity contribution < 1.29 is 0 Å². The molecule has 0 aliphatic carbocycles. The SMILES string of the molecule is c1ccc2nc(NCCc3nccs3)cnc2c1. The van der Waals surface area contributed by atoms with Crippen LogP contribution in [0.5, 0.6) is 0 Å². The van der Waals surface area contributed by atoms with Crippen LogP contribution in [0.15, 0.2) is 42.0 Å². The molecule has 0 radical (unpaired) electrons. The Morgan fingerprint density at radius 1 is 1.11 bits per heavy atom. The van der Waals surface area contributed by atoms with Gasteiger partial charge in [-0.05, 0) is 12.1 Å². The van der Waals surface area contributed by atoms with E-state index in [0.29, 0.717) is 0 Å². The normalized spacial score (nSPS) is 10.7. The molecule has 0 saturated carbocycles. The van der Waals surface area contributed by atoms with Gasteiger partial charge in [-0.15, -0.1) is 11.3 Å². The topological polar surface area (TPSA) is 50.7 Å². The van der Waals surface area contributed by atoms with E-state index in [1.807, 2.05) is 35.8 Å². The molecule has 5 heteroatoms. The highest BCUT2D eigenvalue weighted by Crippen LogP contribution is 2.11. The first kappa shape index (κ1) is 11.1. The number of hydrogen-bond donors (Lipinski definition) is 1. The number of para-hydroxylation sites is 2. The summed E-state index contributed by atoms with van der Waals surface area (Å²) in [6.07, 6.45) is 4.51. The largest absolute Gasteiger partial charge is 0.368 e. The quantitative estimate of drug-likeness (QED) is 0.779. The predicted octanol–water partition coefficient (Wildman–Crippen LogP) is 2.74. The zero-order chi connectivity index (χ0) is 12.2. The number of nitrogens with zero attached hydrogens (tertiary/aromatic N) is 3. The maximum absolute atomic E-state index is 4.50. The van der Waals surface area contributed by atoms with Gasteiger partial charge in [-0.25, -0.2) is 9.97 Å². The molecular weight excluding hydrogens is 244 g/mol. The minimum Gasteiger partial charge on any atom is -0.368 e. The first-order valence-electron chi connectivity index (χ1n) is 5.76. The van der Waals surface area contributed by atoms with Crippen molar-refractivity contribution in [2.24, 2.45) is 0 Å². The lowest BCUT2D eigenvalue weighted by Crippen LogP contribution is -2.06. The molecule has 0 amide bonds. The molecule has 0 aliphatic rings. The Hall–Kier alpha value is -2.01. The second-order valence-electron chi connectivity index (χ2n) is 3.85. The van der Waals surface area contributed by atoms with Gasteiger partial charge in [0.25, 0.3) is 0 Å². The van der Waals surface area contributed by atoms with Gasteiger partial charge in [0, 0.05) is 24.5 Å². The number of rotatable bonds is 4. The standard InChI is InChI=1S/C13H12N4S/c1-2-4-11-10(3-1)16-9-12(17-11)14-6-5-13-15-7-8-18-13/h1-4,7-9H,5-6H2,(H,14,17). The monoisotopic (exact) mass is 256 g/mol. The van der Waals surface area contributed by atoms with Crippen molar-refractivity contribution in [1.29, 1.82) is 0 Å². The summed E-state index contributed by atoms with van der Waals surface area (Å²) in [5.74, 6) is 0.810. The van der Waals surface area contributed by atoms with Crippen LogP contribution in [0.4, 0.5) is 5.82 Å². The number of aromatic nitrogens is 3. The number of hydrogen-bond acceptors (Lipinski definition) is 5. The predicted molar refractivity (Wildman–Crippen MR) is 73.8 cm³/mol. The first-order valence-corrected chi connectivity index (χ1v) is 6.64. The summed E-state index contributed by atoms with van der Waals surface area (Å²) < 4.78 is 0. The number of thiazole rings is 1. The van der Waals surface area contributed by atoms with Crippen molar-refractivity contribution in [2.75, 3.05) is 11.9 Å². The van der Waals surface area contributed by atoms with Crippen LogP contribution in [0.1, 0.15) is 5.01 Å². The Kier molecular flexibility index (Phi) is 3.14. The smallest absolute Gasteiger partial charge is 0.145 e. The summed E-state index contributed by atoms with van der Waals surface area (Å²) in [6.45, 7) is 0.820. The van der Waals surface area contributed by atoms with Crippen molar-refractivity contribution in [3.05, 3.63) is 47.0 Å². The molecule has 3 aromatic rings. The lowest BCUT2D eigenvalue weighted by molar-refractivity contribution is 0.987. The van der Waals surface area contributed by atoms with Gasteiger partial charge in [0.05, 0.1) is 22.2 Å². The van der Waals surface area contributed by atoms with Gasteiger partial charge < -0.3 is 5.32 Å². The fraction of sp³-hybridized carbons (Fsp3) is 0.154. The van der Waals surface area contributed by atoms with Gasteiger partial charge in [-0.1, -0.05) is 12.1 Å². The summed E-state index contributed by atoms with van der Waals surface area (Å²) in [6, 6.07) is 7.86. The Bertz CT molecular complexity index is 636. The Morgan fingerprint density at radius 2 is 2.00 bits per heavy atom. The number of fused-ring (bicyclic) bond motifs is 1. The van der Waals surface area contributed by atoms with E-state index in [0.717, 1.165) is 34.8 Å². The van der Waals surface area contributed by atoms with E-state index in [2.05, 4.69) is 20.3 Å². The van der Waals surface area contributed by atoms with Crippen LogP contribution in [0.3, 0.4) is 0 Å². The molecule has 2 aromatic heterocycles. The Labute approximate surface area is 109 Å². The van der Waals surface area contributed by atoms with E-state index in [1.54, 1.807) is 17.5 Å². The van der Waals surface area contributed by atoms with Gasteiger partial charge in [0.1, 0.15) is 5.82 Å². The second kappa shape index (κ2) is 5.10. The van der Waals surface area contributed by atoms with Gasteiger partial charge in [-0.2, -0.15) is 0 Å². The minimum atomic E-state index is 0.810. The van der Waals surface area contributed by atoms with E-state index in [4.69, 9.17) is 0 Å². The average Bonchev–Trinajstić information content (AvgIpc) is 2.92. The highest BCUT2D eigenvalue weighted by molar-refractivity contribution is 7.09. The Balaban J connectivity index is 1.67. The van der Waals surface area contributed by atoms with Crippen LogP contribution in [0, 0.1) is 0 Å². The highest BCUT2D eigenvalue weighted by Gasteiger charge is 1.99. The number of benzene rings is 1. The molecule has 4 nitrogen and oxygen atoms in total. The molecule has 3 rings (SSSR count). The van der Waals surface area contributed by atoms with Crippen LogP contribution < -0.4 is 5.32 Å². The van der Waals surface area contributed by atoms with Crippen molar-refractivity contribution >= 4 is 28.2 Å². The zero-order valence-electron chi connectivity index (χ0n) is 9.71. The third-order valence-electron chi connectivity index (χ3n) is 2.58. The molecular formula is C13H12N4S. The summed E-state index contributed by atoms with van der Waals surface area (Å²) >= 11 is 1.67. The summed E-state index contributed by atoms with van der Waals surface area (Å²) in [4.78, 5) is 13.1. The first-order chi connectivity index (χ1) is 8.92. The van der Waals surface area contributed by atoms with E-state index in [-0.39, 0.29) is 0 Å². The summed E-state index contributed by atoms with van der Waals surface area (Å²) in [7, 11) is 0. The van der Waals surface area contributed by atoms with Crippen LogP contribution in [-0.4, -0.2) is 21.5 Å². The van der Waals surface area contributed by atoms with Gasteiger partial charge in [0.2, 0.25) is 0 Å². The number of anilines is 1. The van der Waals surface area contributed by atoms with Crippen molar-refractivity contribution in [1.82, 2.24) is 15.0 Å². The molecule has 1 N–H and O–H groups in total. The molecule has 90 valence electrons. The van der Waals surface area contributed by atoms with E-state index in [9.17, 15) is 0 Å². The third kappa shape index (κ3) is 2.46. The van der Waals surface area contributed by atoms with Gasteiger partial charge in [-0.3, -0.25) is 4.98 Å². The third-order valence-corrected chi connectivity index (χ3v) is 3.42. The molecule has 0 saturated heterocycles. The molecule has 0 bridgehead atoms. The highest BCUT2D eigenvalue weighted by atomic mass is 32.1. The van der Waals surface area contributed by atoms with Crippen molar-refractivity contribution in [3.8, 4) is 0 Å². The molecule has 0 unspecified atom stereocenters. The zero-order valence-corrected chi connectivity index (χ0v) is 10.5. The molecule has 2 heterocycles. The van der Waals surface area contributed by atoms with E-state index < -0.39 is 0 Å². The van der Waals surface area contributed by atoms with Gasteiger partial charge >= 0.3 is 0 Å². The molecule has 0 fully saturated rings. The van der Waals surface area contributed by atoms with Crippen molar-refractivity contribution in [3.63, 3.8) is 0 Å². The molecule has 1 aromatic carbocycles. The van der Waals surface area contributed by atoms with Gasteiger partial charge in [0.15, 0.2) is 0 Å². The van der Waals surface area contributed by atoms with E-state index in [1.165, 1.54) is 0 Å². The minimum absolute atomic E-state index is 0.810. The van der Waals surface area contributed by atoms with Crippen LogP contribution in [-0.2, 0) is 6.42 Å². The molecule has 0 atom stereocenters. The van der Waals surface area contributed by atoms with Crippen molar-refractivity contribution in [2.45, 2.75) is 6.42 Å². The fourth-order valence-electron chi connectivity index (χ4n) is 1.72. The maximum Gasteiger partial charge on any atom is 0.145 e. The number of nitrogens with one attached hydrogen (secondary N) is 1. The molecule has 18 heavy (non-hydrogen) atoms. The lowest BCUT2D eigenvalue weighted by atomic mass is 10.3. The fourth-order valence-corrected chi connectivity index (χ4v) is 2.34. The molecule has 0 aliphatic heterocycles. The second-order valence-corrected chi connectivity index (χ2v) is 4.83.